The molecule has 23 heavy (non-hydrogen) atoms. The van der Waals surface area contributed by atoms with Crippen LogP contribution >= 0.6 is 15.9 Å². The lowest BCUT2D eigenvalue weighted by atomic mass is 10.1. The molecule has 0 atom stereocenters. The molecule has 3 rings (SSSR count). The third kappa shape index (κ3) is 2.91. The summed E-state index contributed by atoms with van der Waals surface area (Å²) in [6, 6.07) is 15.6. The van der Waals surface area contributed by atoms with Crippen LogP contribution in [0, 0.1) is 0 Å². The van der Waals surface area contributed by atoms with E-state index in [-0.39, 0.29) is 5.78 Å². The lowest BCUT2D eigenvalue weighted by Gasteiger charge is -2.21. The fraction of sp³-hybridized carbons (Fsp3) is 0.211. The van der Waals surface area contributed by atoms with Gasteiger partial charge in [-0.1, -0.05) is 6.07 Å². The third-order valence-corrected chi connectivity index (χ3v) is 4.75. The van der Waals surface area contributed by atoms with Crippen LogP contribution in [0.25, 0.3) is 5.52 Å². The lowest BCUT2D eigenvalue weighted by molar-refractivity contribution is 0.103. The van der Waals surface area contributed by atoms with E-state index in [0.29, 0.717) is 11.3 Å². The molecule has 2 aromatic heterocycles. The second kappa shape index (κ2) is 6.59. The van der Waals surface area contributed by atoms with Gasteiger partial charge in [-0.25, -0.2) is 0 Å². The Kier molecular flexibility index (Phi) is 4.53. The van der Waals surface area contributed by atoms with Gasteiger partial charge in [-0.15, -0.1) is 0 Å². The SMILES string of the molecule is CCN(CC)c1ccc(C(=O)c2cc(Br)c3ccccn23)cc1. The van der Waals surface area contributed by atoms with Crippen molar-refractivity contribution in [1.29, 1.82) is 0 Å². The van der Waals surface area contributed by atoms with E-state index in [4.69, 9.17) is 0 Å². The van der Waals surface area contributed by atoms with Gasteiger partial charge in [0.1, 0.15) is 0 Å². The first-order valence-electron chi connectivity index (χ1n) is 7.81. The molecule has 0 aliphatic carbocycles. The molecule has 0 aliphatic rings. The average molecular weight is 371 g/mol. The Morgan fingerprint density at radius 3 is 2.43 bits per heavy atom. The fourth-order valence-electron chi connectivity index (χ4n) is 2.85. The molecule has 1 aromatic carbocycles. The van der Waals surface area contributed by atoms with Crippen LogP contribution in [0.2, 0.25) is 0 Å². The molecule has 0 saturated carbocycles. The smallest absolute Gasteiger partial charge is 0.209 e. The molecule has 0 spiro atoms. The molecule has 0 bridgehead atoms. The minimum absolute atomic E-state index is 0.0306. The van der Waals surface area contributed by atoms with Gasteiger partial charge in [0.05, 0.1) is 11.2 Å². The van der Waals surface area contributed by atoms with Crippen LogP contribution in [0.5, 0.6) is 0 Å². The van der Waals surface area contributed by atoms with Crippen molar-refractivity contribution >= 4 is 32.9 Å². The zero-order chi connectivity index (χ0) is 16.4. The van der Waals surface area contributed by atoms with Crippen LogP contribution < -0.4 is 4.90 Å². The summed E-state index contributed by atoms with van der Waals surface area (Å²) < 4.78 is 2.85. The van der Waals surface area contributed by atoms with Crippen LogP contribution in [0.3, 0.4) is 0 Å². The van der Waals surface area contributed by atoms with Gasteiger partial charge in [-0.3, -0.25) is 4.79 Å². The first-order chi connectivity index (χ1) is 11.2. The summed E-state index contributed by atoms with van der Waals surface area (Å²) in [6.45, 7) is 6.18. The molecule has 0 amide bonds. The number of carbonyl (C=O) groups is 1. The van der Waals surface area contributed by atoms with Gasteiger partial charge in [-0.2, -0.15) is 0 Å². The number of anilines is 1. The van der Waals surface area contributed by atoms with E-state index in [0.717, 1.165) is 28.8 Å². The maximum atomic E-state index is 12.8. The van der Waals surface area contributed by atoms with E-state index in [9.17, 15) is 4.79 Å². The van der Waals surface area contributed by atoms with E-state index in [1.807, 2.05) is 59.1 Å². The van der Waals surface area contributed by atoms with Gasteiger partial charge in [-0.05, 0) is 72.2 Å². The molecule has 0 fully saturated rings. The summed E-state index contributed by atoms with van der Waals surface area (Å²) in [5, 5.41) is 0. The summed E-state index contributed by atoms with van der Waals surface area (Å²) in [6.07, 6.45) is 1.91. The molecule has 118 valence electrons. The molecule has 3 aromatic rings. The Balaban J connectivity index is 1.96. The molecule has 0 radical (unpaired) electrons. The molecular weight excluding hydrogens is 352 g/mol. The number of ketones is 1. The van der Waals surface area contributed by atoms with Crippen LogP contribution in [0.4, 0.5) is 5.69 Å². The molecule has 2 heterocycles. The van der Waals surface area contributed by atoms with E-state index >= 15 is 0 Å². The Bertz CT molecular complexity index is 832. The number of pyridine rings is 1. The summed E-state index contributed by atoms with van der Waals surface area (Å²) in [7, 11) is 0. The number of nitrogens with zero attached hydrogens (tertiary/aromatic N) is 2. The van der Waals surface area contributed by atoms with Gasteiger partial charge in [0.15, 0.2) is 0 Å². The van der Waals surface area contributed by atoms with Crippen molar-refractivity contribution in [2.75, 3.05) is 18.0 Å². The van der Waals surface area contributed by atoms with Crippen molar-refractivity contribution < 1.29 is 4.79 Å². The number of fused-ring (bicyclic) bond motifs is 1. The number of hydrogen-bond acceptors (Lipinski definition) is 2. The second-order valence-corrected chi connectivity index (χ2v) is 6.24. The van der Waals surface area contributed by atoms with E-state index < -0.39 is 0 Å². The quantitative estimate of drug-likeness (QED) is 0.603. The molecular formula is C19H19BrN2O. The Morgan fingerprint density at radius 2 is 1.78 bits per heavy atom. The Hall–Kier alpha value is -2.07. The molecule has 0 saturated heterocycles. The van der Waals surface area contributed by atoms with E-state index in [2.05, 4.69) is 34.7 Å². The lowest BCUT2D eigenvalue weighted by Crippen LogP contribution is -2.21. The first-order valence-corrected chi connectivity index (χ1v) is 8.60. The number of halogens is 1. The van der Waals surface area contributed by atoms with Gasteiger partial charge >= 0.3 is 0 Å². The maximum absolute atomic E-state index is 12.8. The average Bonchev–Trinajstić information content (AvgIpc) is 2.93. The number of benzene rings is 1. The van der Waals surface area contributed by atoms with Crippen molar-refractivity contribution in [2.45, 2.75) is 13.8 Å². The predicted octanol–water partition coefficient (Wildman–Crippen LogP) is 4.78. The standard InChI is InChI=1S/C19H19BrN2O/c1-3-21(4-2)15-10-8-14(9-11-15)19(23)18-13-16(20)17-7-5-6-12-22(17)18/h5-13H,3-4H2,1-2H3. The van der Waals surface area contributed by atoms with Crippen LogP contribution in [0.1, 0.15) is 29.9 Å². The monoisotopic (exact) mass is 370 g/mol. The highest BCUT2D eigenvalue weighted by molar-refractivity contribution is 9.10. The van der Waals surface area contributed by atoms with Gasteiger partial charge < -0.3 is 9.30 Å². The molecule has 0 unspecified atom stereocenters. The van der Waals surface area contributed by atoms with Crippen molar-refractivity contribution in [3.8, 4) is 0 Å². The zero-order valence-corrected chi connectivity index (χ0v) is 14.9. The largest absolute Gasteiger partial charge is 0.372 e. The minimum atomic E-state index is 0.0306. The Labute approximate surface area is 144 Å². The van der Waals surface area contributed by atoms with Crippen molar-refractivity contribution in [2.24, 2.45) is 0 Å². The van der Waals surface area contributed by atoms with Crippen molar-refractivity contribution in [3.05, 3.63) is 70.5 Å². The highest BCUT2D eigenvalue weighted by atomic mass is 79.9. The summed E-state index contributed by atoms with van der Waals surface area (Å²) in [4.78, 5) is 15.1. The molecule has 0 aliphatic heterocycles. The maximum Gasteiger partial charge on any atom is 0.209 e. The highest BCUT2D eigenvalue weighted by Gasteiger charge is 2.16. The van der Waals surface area contributed by atoms with Crippen molar-refractivity contribution in [1.82, 2.24) is 4.40 Å². The molecule has 4 heteroatoms. The minimum Gasteiger partial charge on any atom is -0.372 e. The second-order valence-electron chi connectivity index (χ2n) is 5.38. The summed E-state index contributed by atoms with van der Waals surface area (Å²) >= 11 is 3.53. The normalized spacial score (nSPS) is 10.9. The summed E-state index contributed by atoms with van der Waals surface area (Å²) in [5.41, 5.74) is 3.52. The molecule has 0 N–H and O–H groups in total. The third-order valence-electron chi connectivity index (χ3n) is 4.12. The van der Waals surface area contributed by atoms with Crippen LogP contribution in [-0.4, -0.2) is 23.3 Å². The Morgan fingerprint density at radius 1 is 1.09 bits per heavy atom. The predicted molar refractivity (Wildman–Crippen MR) is 98.5 cm³/mol. The van der Waals surface area contributed by atoms with Gasteiger partial charge in [0, 0.05) is 35.0 Å². The number of rotatable bonds is 5. The van der Waals surface area contributed by atoms with Crippen LogP contribution in [0.15, 0.2) is 59.2 Å². The van der Waals surface area contributed by atoms with Gasteiger partial charge in [0.2, 0.25) is 5.78 Å². The number of aromatic nitrogens is 1. The zero-order valence-electron chi connectivity index (χ0n) is 13.3. The van der Waals surface area contributed by atoms with E-state index in [1.165, 1.54) is 0 Å². The fourth-order valence-corrected chi connectivity index (χ4v) is 3.39. The molecule has 3 nitrogen and oxygen atoms in total. The van der Waals surface area contributed by atoms with Crippen LogP contribution in [-0.2, 0) is 0 Å². The van der Waals surface area contributed by atoms with Gasteiger partial charge in [0.25, 0.3) is 0 Å². The topological polar surface area (TPSA) is 24.7 Å². The highest BCUT2D eigenvalue weighted by Crippen LogP contribution is 2.25. The van der Waals surface area contributed by atoms with Crippen molar-refractivity contribution in [3.63, 3.8) is 0 Å². The first kappa shape index (κ1) is 15.8. The number of hydrogen-bond donors (Lipinski definition) is 0. The number of carbonyl (C=O) groups excluding carboxylic acids is 1. The summed E-state index contributed by atoms with van der Waals surface area (Å²) in [5.74, 6) is 0.0306. The van der Waals surface area contributed by atoms with E-state index in [1.54, 1.807) is 0 Å².